The van der Waals surface area contributed by atoms with Crippen LogP contribution in [0.2, 0.25) is 10.4 Å². The SMILES string of the molecule is COC(=O)c1ccc2c(Cl)nc(Cl)nc2c1C. The molecule has 6 heteroatoms. The quantitative estimate of drug-likeness (QED) is 0.454. The number of hydrogen-bond acceptors (Lipinski definition) is 4. The Bertz CT molecular complexity index is 614. The highest BCUT2D eigenvalue weighted by Crippen LogP contribution is 2.26. The summed E-state index contributed by atoms with van der Waals surface area (Å²) in [4.78, 5) is 19.4. The number of carbonyl (C=O) groups excluding carboxylic acids is 1. The van der Waals surface area contributed by atoms with Crippen molar-refractivity contribution >= 4 is 40.1 Å². The summed E-state index contributed by atoms with van der Waals surface area (Å²) in [5.41, 5.74) is 1.66. The number of carbonyl (C=O) groups is 1. The molecule has 0 unspecified atom stereocenters. The molecular formula is C11H8Cl2N2O2. The minimum atomic E-state index is -0.421. The number of halogens is 2. The molecule has 88 valence electrons. The number of methoxy groups -OCH3 is 1. The number of hydrogen-bond donors (Lipinski definition) is 0. The fraction of sp³-hybridized carbons (Fsp3) is 0.182. The second-order valence-electron chi connectivity index (χ2n) is 3.41. The number of benzene rings is 1. The molecule has 0 saturated heterocycles. The summed E-state index contributed by atoms with van der Waals surface area (Å²) in [6.45, 7) is 1.76. The predicted octanol–water partition coefficient (Wildman–Crippen LogP) is 3.03. The van der Waals surface area contributed by atoms with E-state index >= 15 is 0 Å². The Kier molecular flexibility index (Phi) is 3.17. The Hall–Kier alpha value is -1.39. The van der Waals surface area contributed by atoms with Gasteiger partial charge in [0.05, 0.1) is 18.2 Å². The van der Waals surface area contributed by atoms with Crippen molar-refractivity contribution in [2.75, 3.05) is 7.11 Å². The molecule has 0 spiro atoms. The van der Waals surface area contributed by atoms with Crippen molar-refractivity contribution in [1.29, 1.82) is 0 Å². The topological polar surface area (TPSA) is 52.1 Å². The lowest BCUT2D eigenvalue weighted by atomic mass is 10.1. The lowest BCUT2D eigenvalue weighted by Crippen LogP contribution is -2.05. The normalized spacial score (nSPS) is 10.6. The van der Waals surface area contributed by atoms with Crippen LogP contribution in [0.25, 0.3) is 10.9 Å². The van der Waals surface area contributed by atoms with E-state index in [4.69, 9.17) is 23.2 Å². The Morgan fingerprint density at radius 2 is 2.00 bits per heavy atom. The number of rotatable bonds is 1. The van der Waals surface area contributed by atoms with Gasteiger partial charge in [-0.3, -0.25) is 0 Å². The summed E-state index contributed by atoms with van der Waals surface area (Å²) in [6.07, 6.45) is 0. The predicted molar refractivity (Wildman–Crippen MR) is 65.6 cm³/mol. The van der Waals surface area contributed by atoms with Crippen LogP contribution in [-0.2, 0) is 4.74 Å². The van der Waals surface area contributed by atoms with Crippen LogP contribution in [0.5, 0.6) is 0 Å². The van der Waals surface area contributed by atoms with Crippen molar-refractivity contribution in [3.63, 3.8) is 0 Å². The molecule has 0 bridgehead atoms. The van der Waals surface area contributed by atoms with Crippen molar-refractivity contribution in [1.82, 2.24) is 9.97 Å². The standard InChI is InChI=1S/C11H8Cl2N2O2/c1-5-6(10(16)17-2)3-4-7-8(5)14-11(13)15-9(7)12/h3-4H,1-2H3. The molecular weight excluding hydrogens is 263 g/mol. The van der Waals surface area contributed by atoms with Crippen LogP contribution in [0.4, 0.5) is 0 Å². The lowest BCUT2D eigenvalue weighted by molar-refractivity contribution is 0.0600. The first kappa shape index (κ1) is 12.1. The molecule has 0 N–H and O–H groups in total. The summed E-state index contributed by atoms with van der Waals surface area (Å²) in [5, 5.41) is 0.966. The van der Waals surface area contributed by atoms with Gasteiger partial charge < -0.3 is 4.74 Å². The maximum Gasteiger partial charge on any atom is 0.338 e. The summed E-state index contributed by atoms with van der Waals surface area (Å²) >= 11 is 11.7. The second-order valence-corrected chi connectivity index (χ2v) is 4.11. The minimum absolute atomic E-state index is 0.0487. The van der Waals surface area contributed by atoms with Crippen molar-refractivity contribution in [2.45, 2.75) is 6.92 Å². The molecule has 2 aromatic rings. The van der Waals surface area contributed by atoms with E-state index in [2.05, 4.69) is 14.7 Å². The monoisotopic (exact) mass is 270 g/mol. The molecule has 1 aromatic heterocycles. The molecule has 17 heavy (non-hydrogen) atoms. The first-order valence-corrected chi connectivity index (χ1v) is 5.51. The van der Waals surface area contributed by atoms with Gasteiger partial charge in [-0.05, 0) is 36.2 Å². The van der Waals surface area contributed by atoms with Crippen LogP contribution in [0.15, 0.2) is 12.1 Å². The van der Waals surface area contributed by atoms with Gasteiger partial charge in [-0.2, -0.15) is 0 Å². The zero-order chi connectivity index (χ0) is 12.6. The van der Waals surface area contributed by atoms with E-state index in [0.29, 0.717) is 22.0 Å². The van der Waals surface area contributed by atoms with E-state index in [9.17, 15) is 4.79 Å². The maximum absolute atomic E-state index is 11.5. The zero-order valence-electron chi connectivity index (χ0n) is 9.12. The number of esters is 1. The third-order valence-corrected chi connectivity index (χ3v) is 2.91. The van der Waals surface area contributed by atoms with Crippen molar-refractivity contribution < 1.29 is 9.53 Å². The van der Waals surface area contributed by atoms with Gasteiger partial charge in [-0.15, -0.1) is 0 Å². The average Bonchev–Trinajstić information content (AvgIpc) is 2.29. The van der Waals surface area contributed by atoms with Crippen molar-refractivity contribution in [2.24, 2.45) is 0 Å². The molecule has 0 amide bonds. The fourth-order valence-corrected chi connectivity index (χ4v) is 2.05. The highest BCUT2D eigenvalue weighted by molar-refractivity contribution is 6.35. The number of aryl methyl sites for hydroxylation is 1. The maximum atomic E-state index is 11.5. The summed E-state index contributed by atoms with van der Waals surface area (Å²) in [7, 11) is 1.33. The van der Waals surface area contributed by atoms with Gasteiger partial charge in [0, 0.05) is 5.39 Å². The average molecular weight is 271 g/mol. The molecule has 0 radical (unpaired) electrons. The Labute approximate surface area is 108 Å². The lowest BCUT2D eigenvalue weighted by Gasteiger charge is -2.07. The summed E-state index contributed by atoms with van der Waals surface area (Å²) in [5.74, 6) is -0.421. The van der Waals surface area contributed by atoms with Gasteiger partial charge >= 0.3 is 5.97 Å². The van der Waals surface area contributed by atoms with Gasteiger partial charge in [0.2, 0.25) is 5.28 Å². The number of ether oxygens (including phenoxy) is 1. The minimum Gasteiger partial charge on any atom is -0.465 e. The van der Waals surface area contributed by atoms with Crippen molar-refractivity contribution in [3.8, 4) is 0 Å². The third kappa shape index (κ3) is 2.06. The molecule has 0 saturated carbocycles. The largest absolute Gasteiger partial charge is 0.465 e. The third-order valence-electron chi connectivity index (χ3n) is 2.45. The first-order valence-electron chi connectivity index (χ1n) is 4.75. The smallest absolute Gasteiger partial charge is 0.338 e. The molecule has 4 nitrogen and oxygen atoms in total. The van der Waals surface area contributed by atoms with E-state index in [-0.39, 0.29) is 10.4 Å². The molecule has 0 atom stereocenters. The van der Waals surface area contributed by atoms with Gasteiger partial charge in [0.1, 0.15) is 5.15 Å². The summed E-state index contributed by atoms with van der Waals surface area (Å²) < 4.78 is 4.68. The highest BCUT2D eigenvalue weighted by Gasteiger charge is 2.14. The molecule has 0 aliphatic rings. The second kappa shape index (κ2) is 4.47. The Morgan fingerprint density at radius 3 is 2.65 bits per heavy atom. The van der Waals surface area contributed by atoms with Gasteiger partial charge in [0.25, 0.3) is 0 Å². The number of fused-ring (bicyclic) bond motifs is 1. The Morgan fingerprint density at radius 1 is 1.29 bits per heavy atom. The van der Waals surface area contributed by atoms with E-state index < -0.39 is 5.97 Å². The Balaban J connectivity index is 2.79. The zero-order valence-corrected chi connectivity index (χ0v) is 10.6. The van der Waals surface area contributed by atoms with Crippen LogP contribution in [-0.4, -0.2) is 23.0 Å². The molecule has 0 fully saturated rings. The number of nitrogens with zero attached hydrogens (tertiary/aromatic N) is 2. The summed E-state index contributed by atoms with van der Waals surface area (Å²) in [6, 6.07) is 3.31. The molecule has 1 aromatic carbocycles. The van der Waals surface area contributed by atoms with Gasteiger partial charge in [-0.25, -0.2) is 14.8 Å². The van der Waals surface area contributed by atoms with Crippen LogP contribution < -0.4 is 0 Å². The highest BCUT2D eigenvalue weighted by atomic mass is 35.5. The van der Waals surface area contributed by atoms with E-state index in [0.717, 1.165) is 0 Å². The van der Waals surface area contributed by atoms with Crippen LogP contribution >= 0.6 is 23.2 Å². The molecule has 0 aliphatic carbocycles. The van der Waals surface area contributed by atoms with Gasteiger partial charge in [0.15, 0.2) is 0 Å². The van der Waals surface area contributed by atoms with Crippen LogP contribution in [0.1, 0.15) is 15.9 Å². The van der Waals surface area contributed by atoms with Crippen LogP contribution in [0.3, 0.4) is 0 Å². The fourth-order valence-electron chi connectivity index (χ4n) is 1.60. The molecule has 2 rings (SSSR count). The van der Waals surface area contributed by atoms with E-state index in [1.807, 2.05) is 0 Å². The number of aromatic nitrogens is 2. The van der Waals surface area contributed by atoms with Gasteiger partial charge in [-0.1, -0.05) is 11.6 Å². The van der Waals surface area contributed by atoms with E-state index in [1.165, 1.54) is 7.11 Å². The molecule has 0 aliphatic heterocycles. The first-order chi connectivity index (χ1) is 8.04. The molecule has 1 heterocycles. The van der Waals surface area contributed by atoms with Crippen LogP contribution in [0, 0.1) is 6.92 Å². The van der Waals surface area contributed by atoms with Crippen molar-refractivity contribution in [3.05, 3.63) is 33.7 Å². The van der Waals surface area contributed by atoms with E-state index in [1.54, 1.807) is 19.1 Å².